The summed E-state index contributed by atoms with van der Waals surface area (Å²) in [6.07, 6.45) is 6.05. The molecule has 1 heterocycles. The summed E-state index contributed by atoms with van der Waals surface area (Å²) in [7, 11) is 4.09. The predicted molar refractivity (Wildman–Crippen MR) is 129 cm³/mol. The van der Waals surface area contributed by atoms with E-state index in [9.17, 15) is 9.59 Å². The number of anilines is 2. The molecule has 4 nitrogen and oxygen atoms in total. The van der Waals surface area contributed by atoms with E-state index in [2.05, 4.69) is 35.2 Å². The van der Waals surface area contributed by atoms with Crippen molar-refractivity contribution in [3.8, 4) is 0 Å². The molecule has 33 heavy (non-hydrogen) atoms. The van der Waals surface area contributed by atoms with Crippen molar-refractivity contribution in [1.82, 2.24) is 0 Å². The fraction of sp³-hybridized carbons (Fsp3) is 0.379. The van der Waals surface area contributed by atoms with Gasteiger partial charge in [0.2, 0.25) is 11.8 Å². The van der Waals surface area contributed by atoms with Crippen LogP contribution in [0.2, 0.25) is 0 Å². The Hall–Kier alpha value is -3.14. The van der Waals surface area contributed by atoms with Gasteiger partial charge in [0, 0.05) is 31.6 Å². The van der Waals surface area contributed by atoms with E-state index < -0.39 is 0 Å². The summed E-state index contributed by atoms with van der Waals surface area (Å²) >= 11 is 0. The monoisotopic (exact) mass is 436 g/mol. The van der Waals surface area contributed by atoms with Crippen molar-refractivity contribution in [2.24, 2.45) is 35.5 Å². The van der Waals surface area contributed by atoms with E-state index >= 15 is 0 Å². The third-order valence-corrected chi connectivity index (χ3v) is 8.91. The molecule has 0 spiro atoms. The second-order valence-corrected chi connectivity index (χ2v) is 10.6. The van der Waals surface area contributed by atoms with Crippen LogP contribution in [0.5, 0.6) is 0 Å². The standard InChI is InChI=1S/C29H28N2O2/c1-30(2)19-12-8-16(9-13-19)14-21-24-22-17-10-11-18(15-17)23(22)25(21)27-26(24)28(32)31(29(27)33)20-6-4-3-5-7-20/h3-9,12-14,17-18,24-27H,10-11,15H2,1-2H3/t17-,18-,24-,25-,26-,27+/m0/s1. The molecule has 4 bridgehead atoms. The number of hydrogen-bond donors (Lipinski definition) is 0. The highest BCUT2D eigenvalue weighted by molar-refractivity contribution is 6.23. The summed E-state index contributed by atoms with van der Waals surface area (Å²) in [4.78, 5) is 31.1. The summed E-state index contributed by atoms with van der Waals surface area (Å²) in [5, 5.41) is 0. The lowest BCUT2D eigenvalue weighted by molar-refractivity contribution is -0.123. The largest absolute Gasteiger partial charge is 0.378 e. The van der Waals surface area contributed by atoms with Crippen molar-refractivity contribution in [2.75, 3.05) is 23.9 Å². The van der Waals surface area contributed by atoms with Crippen molar-refractivity contribution in [3.05, 3.63) is 76.9 Å². The minimum Gasteiger partial charge on any atom is -0.378 e. The first-order valence-electron chi connectivity index (χ1n) is 12.2. The van der Waals surface area contributed by atoms with Gasteiger partial charge >= 0.3 is 0 Å². The van der Waals surface area contributed by atoms with E-state index in [-0.39, 0.29) is 35.5 Å². The van der Waals surface area contributed by atoms with Crippen LogP contribution in [-0.4, -0.2) is 25.9 Å². The second-order valence-electron chi connectivity index (χ2n) is 10.6. The molecule has 0 N–H and O–H groups in total. The van der Waals surface area contributed by atoms with E-state index in [1.807, 2.05) is 44.4 Å². The van der Waals surface area contributed by atoms with Crippen molar-refractivity contribution in [3.63, 3.8) is 0 Å². The van der Waals surface area contributed by atoms with Crippen molar-refractivity contribution in [2.45, 2.75) is 19.3 Å². The summed E-state index contributed by atoms with van der Waals surface area (Å²) in [6, 6.07) is 18.1. The van der Waals surface area contributed by atoms with E-state index in [4.69, 9.17) is 0 Å². The van der Waals surface area contributed by atoms with Crippen LogP contribution < -0.4 is 9.80 Å². The van der Waals surface area contributed by atoms with Gasteiger partial charge in [-0.3, -0.25) is 9.59 Å². The maximum absolute atomic E-state index is 13.7. The number of amides is 2. The lowest BCUT2D eigenvalue weighted by atomic mass is 9.72. The summed E-state index contributed by atoms with van der Waals surface area (Å²) in [6.45, 7) is 0. The molecule has 7 rings (SSSR count). The van der Waals surface area contributed by atoms with Crippen LogP contribution in [0.1, 0.15) is 24.8 Å². The number of allylic oxidation sites excluding steroid dienone is 3. The summed E-state index contributed by atoms with van der Waals surface area (Å²) in [5.41, 5.74) is 7.48. The molecule has 2 aromatic rings. The van der Waals surface area contributed by atoms with Crippen molar-refractivity contribution >= 4 is 29.3 Å². The molecule has 0 radical (unpaired) electrons. The lowest BCUT2D eigenvalue weighted by Crippen LogP contribution is -2.33. The van der Waals surface area contributed by atoms with Crippen LogP contribution in [-0.2, 0) is 9.59 Å². The van der Waals surface area contributed by atoms with Gasteiger partial charge in [0.25, 0.3) is 0 Å². The number of carbonyl (C=O) groups excluding carboxylic acids is 2. The Bertz CT molecular complexity index is 1190. The fourth-order valence-corrected chi connectivity index (χ4v) is 7.73. The zero-order valence-electron chi connectivity index (χ0n) is 19.1. The van der Waals surface area contributed by atoms with Gasteiger partial charge in [-0.25, -0.2) is 4.90 Å². The summed E-state index contributed by atoms with van der Waals surface area (Å²) < 4.78 is 0. The van der Waals surface area contributed by atoms with Gasteiger partial charge in [-0.1, -0.05) is 53.1 Å². The van der Waals surface area contributed by atoms with E-state index in [1.54, 1.807) is 11.1 Å². The molecule has 166 valence electrons. The Morgan fingerprint density at radius 1 is 0.818 bits per heavy atom. The second kappa shape index (κ2) is 6.69. The van der Waals surface area contributed by atoms with E-state index in [0.717, 1.165) is 0 Å². The van der Waals surface area contributed by atoms with Crippen LogP contribution in [0.4, 0.5) is 11.4 Å². The van der Waals surface area contributed by atoms with Crippen LogP contribution in [0.3, 0.4) is 0 Å². The van der Waals surface area contributed by atoms with Gasteiger partial charge < -0.3 is 4.90 Å². The lowest BCUT2D eigenvalue weighted by Gasteiger charge is -2.28. The molecule has 2 saturated carbocycles. The molecule has 2 aromatic carbocycles. The van der Waals surface area contributed by atoms with Crippen LogP contribution in [0.15, 0.2) is 71.3 Å². The maximum Gasteiger partial charge on any atom is 0.238 e. The topological polar surface area (TPSA) is 40.6 Å². The molecule has 5 aliphatic rings. The van der Waals surface area contributed by atoms with Crippen LogP contribution >= 0.6 is 0 Å². The molecule has 6 atom stereocenters. The number of nitrogens with zero attached hydrogens (tertiary/aromatic N) is 2. The quantitative estimate of drug-likeness (QED) is 0.389. The van der Waals surface area contributed by atoms with Crippen LogP contribution in [0.25, 0.3) is 6.08 Å². The van der Waals surface area contributed by atoms with E-state index in [1.165, 1.54) is 41.0 Å². The molecule has 0 aromatic heterocycles. The molecule has 0 unspecified atom stereocenters. The van der Waals surface area contributed by atoms with Gasteiger partial charge in [0.15, 0.2) is 0 Å². The zero-order chi connectivity index (χ0) is 22.4. The molecule has 4 heteroatoms. The number of imide groups is 1. The van der Waals surface area contributed by atoms with Gasteiger partial charge in [-0.2, -0.15) is 0 Å². The Balaban J connectivity index is 1.33. The first-order valence-corrected chi connectivity index (χ1v) is 12.2. The first-order chi connectivity index (χ1) is 16.0. The minimum absolute atomic E-state index is 0.00637. The van der Waals surface area contributed by atoms with Gasteiger partial charge in [-0.15, -0.1) is 0 Å². The highest BCUT2D eigenvalue weighted by Crippen LogP contribution is 2.70. The number of carbonyl (C=O) groups is 2. The number of rotatable bonds is 3. The molecule has 3 fully saturated rings. The molecule has 1 saturated heterocycles. The van der Waals surface area contributed by atoms with Crippen molar-refractivity contribution in [1.29, 1.82) is 0 Å². The van der Waals surface area contributed by atoms with Gasteiger partial charge in [0.05, 0.1) is 17.5 Å². The fourth-order valence-electron chi connectivity index (χ4n) is 7.73. The Morgan fingerprint density at radius 3 is 1.94 bits per heavy atom. The number of hydrogen-bond acceptors (Lipinski definition) is 3. The van der Waals surface area contributed by atoms with E-state index in [0.29, 0.717) is 17.5 Å². The maximum atomic E-state index is 13.7. The molecular weight excluding hydrogens is 408 g/mol. The Kier molecular flexibility index (Phi) is 3.92. The molecule has 2 amide bonds. The van der Waals surface area contributed by atoms with Gasteiger partial charge in [0.1, 0.15) is 0 Å². The number of fused-ring (bicyclic) bond motifs is 11. The summed E-state index contributed by atoms with van der Waals surface area (Å²) in [5.74, 6) is 1.02. The average Bonchev–Trinajstić information content (AvgIpc) is 3.61. The normalized spacial score (nSPS) is 34.6. The van der Waals surface area contributed by atoms with Crippen LogP contribution in [0, 0.1) is 35.5 Å². The average molecular weight is 437 g/mol. The molecule has 1 aliphatic heterocycles. The number of para-hydroxylation sites is 1. The Morgan fingerprint density at radius 2 is 1.39 bits per heavy atom. The number of benzene rings is 2. The zero-order valence-corrected chi connectivity index (χ0v) is 19.1. The first kappa shape index (κ1) is 19.3. The highest BCUT2D eigenvalue weighted by atomic mass is 16.2. The molecular formula is C29H28N2O2. The molecule has 4 aliphatic carbocycles. The van der Waals surface area contributed by atoms with Gasteiger partial charge in [-0.05, 0) is 60.9 Å². The Labute approximate surface area is 194 Å². The third-order valence-electron chi connectivity index (χ3n) is 8.91. The smallest absolute Gasteiger partial charge is 0.238 e. The highest BCUT2D eigenvalue weighted by Gasteiger charge is 2.69. The third kappa shape index (κ3) is 2.47. The SMILES string of the molecule is CN(C)c1ccc(C=C2[C@H]3C4=C([C@H]5CC[C@H]4C5)[C@H]2[C@@H]2C(=O)N(c4ccccc4)C(=O)[C@H]32)cc1. The van der Waals surface area contributed by atoms with Crippen molar-refractivity contribution < 1.29 is 9.59 Å². The minimum atomic E-state index is -0.229. The predicted octanol–water partition coefficient (Wildman–Crippen LogP) is 4.93.